The molecule has 3 unspecified atom stereocenters. The van der Waals surface area contributed by atoms with Crippen molar-refractivity contribution in [1.82, 2.24) is 0 Å². The smallest absolute Gasteiger partial charge is 0.110 e. The van der Waals surface area contributed by atoms with Crippen LogP contribution in [0.2, 0.25) is 0 Å². The van der Waals surface area contributed by atoms with Crippen LogP contribution in [0.15, 0.2) is 30.3 Å². The highest BCUT2D eigenvalue weighted by molar-refractivity contribution is 5.21. The molecule has 3 nitrogen and oxygen atoms in total. The maximum Gasteiger partial charge on any atom is 0.110 e. The molecule has 1 aliphatic rings. The number of benzene rings is 1. The Bertz CT molecular complexity index is 364. The van der Waals surface area contributed by atoms with E-state index in [-0.39, 0.29) is 12.1 Å². The topological polar surface area (TPSA) is 55.5 Å². The van der Waals surface area contributed by atoms with Gasteiger partial charge in [-0.05, 0) is 25.3 Å². The molecule has 2 rings (SSSR count). The van der Waals surface area contributed by atoms with E-state index in [1.807, 2.05) is 30.3 Å². The van der Waals surface area contributed by atoms with Crippen molar-refractivity contribution < 1.29 is 9.84 Å². The van der Waals surface area contributed by atoms with Gasteiger partial charge >= 0.3 is 0 Å². The van der Waals surface area contributed by atoms with Gasteiger partial charge in [0.15, 0.2) is 0 Å². The molecule has 0 saturated heterocycles. The first-order chi connectivity index (χ1) is 8.59. The summed E-state index contributed by atoms with van der Waals surface area (Å²) in [6.45, 7) is 2.09. The molecular weight excluding hydrogens is 226 g/mol. The average molecular weight is 249 g/mol. The van der Waals surface area contributed by atoms with Gasteiger partial charge in [-0.15, -0.1) is 0 Å². The standard InChI is InChI=1S/C15H23NO2/c1-15(17,12-7-3-2-4-8-12)11-18-14-10-6-5-9-13(14)16/h2-4,7-8,13-14,17H,5-6,9-11,16H2,1H3. The zero-order valence-electron chi connectivity index (χ0n) is 11.0. The Balaban J connectivity index is 1.92. The number of aliphatic hydroxyl groups is 1. The molecule has 1 aromatic rings. The molecule has 3 heteroatoms. The second-order valence-corrected chi connectivity index (χ2v) is 5.44. The molecule has 0 bridgehead atoms. The molecule has 18 heavy (non-hydrogen) atoms. The molecule has 1 aliphatic carbocycles. The summed E-state index contributed by atoms with van der Waals surface area (Å²) in [5.74, 6) is 0. The van der Waals surface area contributed by atoms with Crippen LogP contribution < -0.4 is 5.73 Å². The van der Waals surface area contributed by atoms with Gasteiger partial charge in [0.1, 0.15) is 5.60 Å². The fourth-order valence-corrected chi connectivity index (χ4v) is 2.48. The molecule has 3 N–H and O–H groups in total. The number of hydrogen-bond donors (Lipinski definition) is 2. The van der Waals surface area contributed by atoms with Crippen molar-refractivity contribution in [3.8, 4) is 0 Å². The van der Waals surface area contributed by atoms with Gasteiger partial charge in [0.2, 0.25) is 0 Å². The van der Waals surface area contributed by atoms with E-state index in [1.54, 1.807) is 6.92 Å². The molecule has 3 atom stereocenters. The van der Waals surface area contributed by atoms with Crippen LogP contribution in [-0.2, 0) is 10.3 Å². The predicted octanol–water partition coefficient (Wildman–Crippen LogP) is 2.18. The summed E-state index contributed by atoms with van der Waals surface area (Å²) in [7, 11) is 0. The summed E-state index contributed by atoms with van der Waals surface area (Å²) in [6.07, 6.45) is 4.49. The summed E-state index contributed by atoms with van der Waals surface area (Å²) in [5.41, 5.74) is 5.98. The molecule has 0 amide bonds. The predicted molar refractivity (Wildman–Crippen MR) is 72.2 cm³/mol. The van der Waals surface area contributed by atoms with Crippen LogP contribution in [0.1, 0.15) is 38.2 Å². The van der Waals surface area contributed by atoms with E-state index in [0.717, 1.165) is 18.4 Å². The molecule has 1 aromatic carbocycles. The Morgan fingerprint density at radius 2 is 1.94 bits per heavy atom. The van der Waals surface area contributed by atoms with Crippen molar-refractivity contribution in [2.75, 3.05) is 6.61 Å². The Hall–Kier alpha value is -0.900. The largest absolute Gasteiger partial charge is 0.383 e. The molecule has 0 spiro atoms. The average Bonchev–Trinajstić information content (AvgIpc) is 2.39. The molecule has 0 aromatic heterocycles. The molecule has 1 fully saturated rings. The Kier molecular flexibility index (Phi) is 4.38. The van der Waals surface area contributed by atoms with Gasteiger partial charge in [-0.25, -0.2) is 0 Å². The lowest BCUT2D eigenvalue weighted by molar-refractivity contribution is -0.0804. The van der Waals surface area contributed by atoms with Crippen molar-refractivity contribution in [1.29, 1.82) is 0 Å². The van der Waals surface area contributed by atoms with Crippen LogP contribution in [0, 0.1) is 0 Å². The highest BCUT2D eigenvalue weighted by Gasteiger charge is 2.28. The Labute approximate surface area is 109 Å². The van der Waals surface area contributed by atoms with Crippen LogP contribution in [0.25, 0.3) is 0 Å². The number of hydrogen-bond acceptors (Lipinski definition) is 3. The van der Waals surface area contributed by atoms with Gasteiger partial charge in [-0.3, -0.25) is 0 Å². The normalized spacial score (nSPS) is 27.7. The van der Waals surface area contributed by atoms with E-state index in [4.69, 9.17) is 10.5 Å². The fraction of sp³-hybridized carbons (Fsp3) is 0.600. The lowest BCUT2D eigenvalue weighted by Crippen LogP contribution is -2.42. The summed E-state index contributed by atoms with van der Waals surface area (Å²) in [5, 5.41) is 10.4. The lowest BCUT2D eigenvalue weighted by atomic mass is 9.92. The second kappa shape index (κ2) is 5.83. The third kappa shape index (κ3) is 3.31. The Morgan fingerprint density at radius 1 is 1.28 bits per heavy atom. The second-order valence-electron chi connectivity index (χ2n) is 5.44. The maximum absolute atomic E-state index is 10.4. The first kappa shape index (κ1) is 13.5. The fourth-order valence-electron chi connectivity index (χ4n) is 2.48. The van der Waals surface area contributed by atoms with Crippen molar-refractivity contribution in [2.45, 2.75) is 50.4 Å². The lowest BCUT2D eigenvalue weighted by Gasteiger charge is -2.32. The molecule has 0 radical (unpaired) electrons. The van der Waals surface area contributed by atoms with E-state index < -0.39 is 5.60 Å². The molecule has 0 heterocycles. The van der Waals surface area contributed by atoms with E-state index in [9.17, 15) is 5.11 Å². The van der Waals surface area contributed by atoms with Crippen LogP contribution in [0.3, 0.4) is 0 Å². The molecule has 0 aliphatic heterocycles. The number of rotatable bonds is 4. The maximum atomic E-state index is 10.4. The quantitative estimate of drug-likeness (QED) is 0.860. The molecular formula is C15H23NO2. The highest BCUT2D eigenvalue weighted by atomic mass is 16.5. The molecule has 100 valence electrons. The van der Waals surface area contributed by atoms with Gasteiger partial charge in [-0.1, -0.05) is 43.2 Å². The summed E-state index contributed by atoms with van der Waals surface area (Å²) >= 11 is 0. The van der Waals surface area contributed by atoms with Crippen LogP contribution >= 0.6 is 0 Å². The Morgan fingerprint density at radius 3 is 2.61 bits per heavy atom. The SMILES string of the molecule is CC(O)(COC1CCCCC1N)c1ccccc1. The first-order valence-corrected chi connectivity index (χ1v) is 6.75. The van der Waals surface area contributed by atoms with E-state index >= 15 is 0 Å². The van der Waals surface area contributed by atoms with Crippen molar-refractivity contribution >= 4 is 0 Å². The number of ether oxygens (including phenoxy) is 1. The van der Waals surface area contributed by atoms with Crippen molar-refractivity contribution in [3.63, 3.8) is 0 Å². The van der Waals surface area contributed by atoms with Gasteiger partial charge in [0.25, 0.3) is 0 Å². The third-order valence-corrected chi connectivity index (χ3v) is 3.73. The summed E-state index contributed by atoms with van der Waals surface area (Å²) < 4.78 is 5.84. The van der Waals surface area contributed by atoms with Crippen LogP contribution in [0.5, 0.6) is 0 Å². The van der Waals surface area contributed by atoms with Crippen molar-refractivity contribution in [3.05, 3.63) is 35.9 Å². The first-order valence-electron chi connectivity index (χ1n) is 6.75. The van der Waals surface area contributed by atoms with E-state index in [0.29, 0.717) is 6.61 Å². The highest BCUT2D eigenvalue weighted by Crippen LogP contribution is 2.25. The van der Waals surface area contributed by atoms with Gasteiger partial charge < -0.3 is 15.6 Å². The summed E-state index contributed by atoms with van der Waals surface area (Å²) in [6, 6.07) is 9.75. The van der Waals surface area contributed by atoms with Gasteiger partial charge in [0, 0.05) is 6.04 Å². The van der Waals surface area contributed by atoms with Crippen molar-refractivity contribution in [2.24, 2.45) is 5.73 Å². The third-order valence-electron chi connectivity index (χ3n) is 3.73. The minimum Gasteiger partial charge on any atom is -0.383 e. The minimum atomic E-state index is -0.946. The zero-order chi connectivity index (χ0) is 13.0. The van der Waals surface area contributed by atoms with Crippen LogP contribution in [-0.4, -0.2) is 23.9 Å². The summed E-state index contributed by atoms with van der Waals surface area (Å²) in [4.78, 5) is 0. The molecule has 1 saturated carbocycles. The minimum absolute atomic E-state index is 0.0916. The van der Waals surface area contributed by atoms with Crippen LogP contribution in [0.4, 0.5) is 0 Å². The zero-order valence-corrected chi connectivity index (χ0v) is 11.0. The monoisotopic (exact) mass is 249 g/mol. The van der Waals surface area contributed by atoms with E-state index in [2.05, 4.69) is 0 Å². The van der Waals surface area contributed by atoms with Gasteiger partial charge in [-0.2, -0.15) is 0 Å². The van der Waals surface area contributed by atoms with E-state index in [1.165, 1.54) is 12.8 Å². The number of nitrogens with two attached hydrogens (primary N) is 1. The van der Waals surface area contributed by atoms with Gasteiger partial charge in [0.05, 0.1) is 12.7 Å².